The fourth-order valence-corrected chi connectivity index (χ4v) is 4.18. The second-order valence-corrected chi connectivity index (χ2v) is 9.03. The molecular weight excluding hydrogens is 402 g/mol. The Hall–Kier alpha value is -2.25. The van der Waals surface area contributed by atoms with Gasteiger partial charge in [-0.05, 0) is 31.2 Å². The predicted molar refractivity (Wildman–Crippen MR) is 130 cm³/mol. The smallest absolute Gasteiger partial charge is 0.191 e. The number of anilines is 1. The highest BCUT2D eigenvalue weighted by atomic mass is 16.5. The van der Waals surface area contributed by atoms with E-state index in [4.69, 9.17) is 4.74 Å². The van der Waals surface area contributed by atoms with E-state index in [1.807, 2.05) is 44.4 Å². The zero-order valence-corrected chi connectivity index (χ0v) is 19.8. The van der Waals surface area contributed by atoms with Gasteiger partial charge in [-0.1, -0.05) is 42.5 Å². The van der Waals surface area contributed by atoms with Crippen LogP contribution in [-0.2, 0) is 11.2 Å². The summed E-state index contributed by atoms with van der Waals surface area (Å²) in [6.07, 6.45) is -0.782. The lowest BCUT2D eigenvalue weighted by Crippen LogP contribution is -2.47. The minimum absolute atomic E-state index is 0.0493. The normalized spacial score (nSPS) is 17.2. The van der Waals surface area contributed by atoms with Gasteiger partial charge in [0, 0.05) is 64.5 Å². The van der Waals surface area contributed by atoms with Crippen molar-refractivity contribution in [3.8, 4) is 0 Å². The summed E-state index contributed by atoms with van der Waals surface area (Å²) in [5.41, 5.74) is 4.00. The summed E-state index contributed by atoms with van der Waals surface area (Å²) in [6.45, 7) is 6.68. The van der Waals surface area contributed by atoms with Crippen molar-refractivity contribution in [2.75, 3.05) is 65.4 Å². The fraction of sp³-hybridized carbons (Fsp3) is 0.500. The number of aliphatic hydroxyl groups excluding tert-OH is 1. The number of nitrogens with zero attached hydrogens (tertiary/aromatic N) is 3. The van der Waals surface area contributed by atoms with Crippen LogP contribution in [0.15, 0.2) is 48.5 Å². The Morgan fingerprint density at radius 1 is 1.09 bits per heavy atom. The number of aliphatic hydroxyl groups is 1. The van der Waals surface area contributed by atoms with Gasteiger partial charge in [-0.3, -0.25) is 9.69 Å². The molecule has 6 nitrogen and oxygen atoms in total. The van der Waals surface area contributed by atoms with Crippen LogP contribution in [0.25, 0.3) is 0 Å². The molecule has 2 atom stereocenters. The molecule has 3 rings (SSSR count). The number of ketones is 1. The van der Waals surface area contributed by atoms with Crippen LogP contribution in [0.2, 0.25) is 0 Å². The van der Waals surface area contributed by atoms with Crippen molar-refractivity contribution in [2.24, 2.45) is 0 Å². The quantitative estimate of drug-likeness (QED) is 0.574. The van der Waals surface area contributed by atoms with E-state index < -0.39 is 12.2 Å². The highest BCUT2D eigenvalue weighted by Gasteiger charge is 2.24. The van der Waals surface area contributed by atoms with Crippen LogP contribution in [0.4, 0.5) is 5.69 Å². The molecule has 1 N–H and O–H groups in total. The van der Waals surface area contributed by atoms with Crippen LogP contribution >= 0.6 is 0 Å². The van der Waals surface area contributed by atoms with Crippen LogP contribution in [0.5, 0.6) is 0 Å². The summed E-state index contributed by atoms with van der Waals surface area (Å²) in [5, 5.41) is 10.6. The average molecular weight is 440 g/mol. The number of carbonyl (C=O) groups excluding carboxylic acids is 1. The lowest BCUT2D eigenvalue weighted by molar-refractivity contribution is -0.0174. The number of rotatable bonds is 10. The van der Waals surface area contributed by atoms with Gasteiger partial charge in [0.15, 0.2) is 5.78 Å². The third-order valence-corrected chi connectivity index (χ3v) is 6.07. The van der Waals surface area contributed by atoms with Crippen molar-refractivity contribution in [3.63, 3.8) is 0 Å². The van der Waals surface area contributed by atoms with E-state index in [-0.39, 0.29) is 12.4 Å². The Balaban J connectivity index is 1.67. The summed E-state index contributed by atoms with van der Waals surface area (Å²) >= 11 is 0. The molecule has 6 heteroatoms. The van der Waals surface area contributed by atoms with Crippen molar-refractivity contribution >= 4 is 11.5 Å². The van der Waals surface area contributed by atoms with Crippen LogP contribution in [0.3, 0.4) is 0 Å². The zero-order chi connectivity index (χ0) is 23.1. The number of likely N-dealkylation sites (N-methyl/N-ethyl adjacent to an activating group) is 1. The molecule has 2 aromatic carbocycles. The molecule has 2 unspecified atom stereocenters. The standard InChI is InChI=1S/C26H37N3O3/c1-20-16-21(10-11-24(20)27(2)3)17-25(26(31)22-8-6-5-7-9-22)32-19-23(30)18-29-14-12-28(4)13-15-29/h5-11,16,23,25,30H,12-15,17-19H2,1-4H3. The zero-order valence-electron chi connectivity index (χ0n) is 19.8. The van der Waals surface area contributed by atoms with Gasteiger partial charge in [0.05, 0.1) is 12.7 Å². The minimum atomic E-state index is -0.635. The molecule has 0 aromatic heterocycles. The molecule has 174 valence electrons. The largest absolute Gasteiger partial charge is 0.389 e. The summed E-state index contributed by atoms with van der Waals surface area (Å²) < 4.78 is 6.06. The monoisotopic (exact) mass is 439 g/mol. The van der Waals surface area contributed by atoms with E-state index in [9.17, 15) is 9.90 Å². The van der Waals surface area contributed by atoms with Crippen LogP contribution < -0.4 is 4.90 Å². The molecule has 0 radical (unpaired) electrons. The Labute approximate surface area is 192 Å². The Morgan fingerprint density at radius 2 is 1.78 bits per heavy atom. The second-order valence-electron chi connectivity index (χ2n) is 9.03. The maximum absolute atomic E-state index is 13.2. The lowest BCUT2D eigenvalue weighted by Gasteiger charge is -2.33. The first-order valence-corrected chi connectivity index (χ1v) is 11.4. The van der Waals surface area contributed by atoms with E-state index in [1.54, 1.807) is 0 Å². The Kier molecular flexibility index (Phi) is 8.82. The summed E-state index contributed by atoms with van der Waals surface area (Å²) in [7, 11) is 6.16. The highest BCUT2D eigenvalue weighted by molar-refractivity contribution is 5.99. The molecule has 0 aliphatic carbocycles. The Bertz CT molecular complexity index is 864. The van der Waals surface area contributed by atoms with Crippen molar-refractivity contribution in [3.05, 3.63) is 65.2 Å². The molecule has 1 saturated heterocycles. The predicted octanol–water partition coefficient (Wildman–Crippen LogP) is 2.48. The molecule has 0 bridgehead atoms. The first-order valence-electron chi connectivity index (χ1n) is 11.4. The van der Waals surface area contributed by atoms with E-state index in [0.717, 1.165) is 43.0 Å². The maximum Gasteiger partial charge on any atom is 0.191 e. The minimum Gasteiger partial charge on any atom is -0.389 e. The molecule has 2 aromatic rings. The van der Waals surface area contributed by atoms with Gasteiger partial charge in [0.25, 0.3) is 0 Å². The number of carbonyl (C=O) groups is 1. The van der Waals surface area contributed by atoms with E-state index >= 15 is 0 Å². The van der Waals surface area contributed by atoms with E-state index in [0.29, 0.717) is 18.5 Å². The van der Waals surface area contributed by atoms with E-state index in [1.165, 1.54) is 0 Å². The number of hydrogen-bond acceptors (Lipinski definition) is 6. The van der Waals surface area contributed by atoms with Gasteiger partial charge < -0.3 is 19.6 Å². The Morgan fingerprint density at radius 3 is 2.41 bits per heavy atom. The summed E-state index contributed by atoms with van der Waals surface area (Å²) in [4.78, 5) is 19.8. The molecule has 0 spiro atoms. The van der Waals surface area contributed by atoms with Crippen molar-refractivity contribution in [1.29, 1.82) is 0 Å². The number of ether oxygens (including phenoxy) is 1. The number of Topliss-reactive ketones (excluding diaryl/α,β-unsaturated/α-hetero) is 1. The molecule has 1 heterocycles. The van der Waals surface area contributed by atoms with Gasteiger partial charge in [0.2, 0.25) is 0 Å². The van der Waals surface area contributed by atoms with Crippen LogP contribution in [0.1, 0.15) is 21.5 Å². The van der Waals surface area contributed by atoms with Gasteiger partial charge in [-0.15, -0.1) is 0 Å². The first-order chi connectivity index (χ1) is 15.3. The maximum atomic E-state index is 13.2. The van der Waals surface area contributed by atoms with Gasteiger partial charge in [0.1, 0.15) is 6.10 Å². The number of piperazine rings is 1. The molecular formula is C26H37N3O3. The van der Waals surface area contributed by atoms with Crippen molar-refractivity contribution < 1.29 is 14.6 Å². The van der Waals surface area contributed by atoms with E-state index in [2.05, 4.69) is 46.9 Å². The lowest BCUT2D eigenvalue weighted by atomic mass is 9.98. The number of hydrogen-bond donors (Lipinski definition) is 1. The van der Waals surface area contributed by atoms with Gasteiger partial charge >= 0.3 is 0 Å². The summed E-state index contributed by atoms with van der Waals surface area (Å²) in [6, 6.07) is 15.5. The highest BCUT2D eigenvalue weighted by Crippen LogP contribution is 2.21. The molecule has 32 heavy (non-hydrogen) atoms. The first kappa shape index (κ1) is 24.4. The molecule has 0 saturated carbocycles. The number of benzene rings is 2. The van der Waals surface area contributed by atoms with Crippen LogP contribution in [0, 0.1) is 6.92 Å². The topological polar surface area (TPSA) is 56.3 Å². The molecule has 1 aliphatic rings. The van der Waals surface area contributed by atoms with Crippen molar-refractivity contribution in [2.45, 2.75) is 25.6 Å². The summed E-state index contributed by atoms with van der Waals surface area (Å²) in [5.74, 6) is -0.0493. The van der Waals surface area contributed by atoms with Gasteiger partial charge in [-0.25, -0.2) is 0 Å². The second kappa shape index (κ2) is 11.6. The molecule has 1 fully saturated rings. The van der Waals surface area contributed by atoms with Crippen LogP contribution in [-0.4, -0.2) is 93.4 Å². The van der Waals surface area contributed by atoms with Crippen molar-refractivity contribution in [1.82, 2.24) is 9.80 Å². The number of β-amino-alcohol motifs (C(OH)–C–C–N with tert-alkyl or cyclic N) is 1. The average Bonchev–Trinajstić information content (AvgIpc) is 2.78. The third kappa shape index (κ3) is 6.87. The number of aryl methyl sites for hydroxylation is 1. The molecule has 1 aliphatic heterocycles. The molecule has 0 amide bonds. The SMILES string of the molecule is Cc1cc(CC(OCC(O)CN2CCN(C)CC2)C(=O)c2ccccc2)ccc1N(C)C. The fourth-order valence-electron chi connectivity index (χ4n) is 4.18. The van der Waals surface area contributed by atoms with Gasteiger partial charge in [-0.2, -0.15) is 0 Å². The third-order valence-electron chi connectivity index (χ3n) is 6.07.